The predicted molar refractivity (Wildman–Crippen MR) is 74.6 cm³/mol. The van der Waals surface area contributed by atoms with E-state index in [2.05, 4.69) is 10.3 Å². The lowest BCUT2D eigenvalue weighted by Gasteiger charge is -2.09. The molecule has 5 nitrogen and oxygen atoms in total. The highest BCUT2D eigenvalue weighted by atomic mass is 35.5. The van der Waals surface area contributed by atoms with Gasteiger partial charge in [0.15, 0.2) is 0 Å². The van der Waals surface area contributed by atoms with Crippen LogP contribution in [0.5, 0.6) is 5.75 Å². The fourth-order valence-electron chi connectivity index (χ4n) is 1.49. The molecule has 0 atom stereocenters. The molecule has 6 heteroatoms. The average molecular weight is 278 g/mol. The quantitative estimate of drug-likeness (QED) is 0.668. The van der Waals surface area contributed by atoms with Gasteiger partial charge in [0, 0.05) is 12.3 Å². The first-order valence-corrected chi connectivity index (χ1v) is 5.84. The number of aromatic nitrogens is 1. The van der Waals surface area contributed by atoms with Crippen molar-refractivity contribution in [2.75, 3.05) is 18.2 Å². The molecule has 0 saturated carbocycles. The number of nitrogen functional groups attached to an aromatic ring is 1. The summed E-state index contributed by atoms with van der Waals surface area (Å²) in [5, 5.41) is 3.03. The van der Waals surface area contributed by atoms with E-state index in [9.17, 15) is 4.79 Å². The van der Waals surface area contributed by atoms with Crippen molar-refractivity contribution in [3.63, 3.8) is 0 Å². The van der Waals surface area contributed by atoms with Crippen LogP contribution in [0.2, 0.25) is 5.15 Å². The third kappa shape index (κ3) is 3.14. The van der Waals surface area contributed by atoms with E-state index in [-0.39, 0.29) is 5.91 Å². The number of nitrogens with zero attached hydrogens (tertiary/aromatic N) is 1. The summed E-state index contributed by atoms with van der Waals surface area (Å²) >= 11 is 5.66. The zero-order valence-electron chi connectivity index (χ0n) is 10.2. The highest BCUT2D eigenvalue weighted by Gasteiger charge is 2.09. The van der Waals surface area contributed by atoms with E-state index < -0.39 is 0 Å². The number of ether oxygens (including phenoxy) is 1. The van der Waals surface area contributed by atoms with Gasteiger partial charge in [-0.2, -0.15) is 0 Å². The van der Waals surface area contributed by atoms with Crippen molar-refractivity contribution >= 4 is 28.9 Å². The Bertz CT molecular complexity index is 599. The molecule has 1 heterocycles. The summed E-state index contributed by atoms with van der Waals surface area (Å²) in [6, 6.07) is 8.16. The Labute approximate surface area is 115 Å². The van der Waals surface area contributed by atoms with E-state index in [4.69, 9.17) is 22.1 Å². The monoisotopic (exact) mass is 277 g/mol. The Morgan fingerprint density at radius 3 is 2.74 bits per heavy atom. The van der Waals surface area contributed by atoms with Gasteiger partial charge in [0.05, 0.1) is 24.0 Å². The first-order valence-electron chi connectivity index (χ1n) is 5.46. The fourth-order valence-corrected chi connectivity index (χ4v) is 1.60. The number of hydrogen-bond donors (Lipinski definition) is 2. The van der Waals surface area contributed by atoms with Gasteiger partial charge in [-0.25, -0.2) is 4.98 Å². The summed E-state index contributed by atoms with van der Waals surface area (Å²) < 4.78 is 5.04. The van der Waals surface area contributed by atoms with Gasteiger partial charge in [-0.15, -0.1) is 0 Å². The minimum absolute atomic E-state index is 0.305. The topological polar surface area (TPSA) is 77.2 Å². The number of carbonyl (C=O) groups excluding carboxylic acids is 1. The number of nitrogens with one attached hydrogen (secondary N) is 1. The normalized spacial score (nSPS) is 10.0. The van der Waals surface area contributed by atoms with Crippen LogP contribution in [-0.2, 0) is 0 Å². The van der Waals surface area contributed by atoms with Gasteiger partial charge < -0.3 is 15.8 Å². The third-order valence-electron chi connectivity index (χ3n) is 2.50. The molecule has 1 aromatic heterocycles. The second kappa shape index (κ2) is 5.58. The molecule has 2 rings (SSSR count). The molecular weight excluding hydrogens is 266 g/mol. The molecule has 1 amide bonds. The molecule has 0 aliphatic rings. The Morgan fingerprint density at radius 1 is 1.37 bits per heavy atom. The van der Waals surface area contributed by atoms with Crippen LogP contribution >= 0.6 is 11.6 Å². The van der Waals surface area contributed by atoms with Crippen molar-refractivity contribution in [2.45, 2.75) is 0 Å². The van der Waals surface area contributed by atoms with Crippen LogP contribution < -0.4 is 15.8 Å². The van der Waals surface area contributed by atoms with Crippen LogP contribution in [0.25, 0.3) is 0 Å². The lowest BCUT2D eigenvalue weighted by atomic mass is 10.2. The van der Waals surface area contributed by atoms with E-state index in [0.717, 1.165) is 0 Å². The highest BCUT2D eigenvalue weighted by Crippen LogP contribution is 2.24. The van der Waals surface area contributed by atoms with Crippen molar-refractivity contribution in [3.8, 4) is 5.75 Å². The zero-order chi connectivity index (χ0) is 13.8. The Balaban J connectivity index is 2.17. The molecule has 1 aromatic carbocycles. The summed E-state index contributed by atoms with van der Waals surface area (Å²) in [4.78, 5) is 15.8. The van der Waals surface area contributed by atoms with Crippen LogP contribution in [0, 0.1) is 0 Å². The maximum atomic E-state index is 12.0. The summed E-state index contributed by atoms with van der Waals surface area (Å²) in [5.41, 5.74) is 7.16. The van der Waals surface area contributed by atoms with Gasteiger partial charge in [0.25, 0.3) is 5.91 Å². The molecule has 98 valence electrons. The molecule has 0 spiro atoms. The molecule has 0 bridgehead atoms. The number of carbonyl (C=O) groups is 1. The SMILES string of the molecule is COc1ccc(NC(=O)c2ccc(Cl)nc2)c(N)c1. The summed E-state index contributed by atoms with van der Waals surface area (Å²) in [5.74, 6) is 0.324. The molecule has 2 aromatic rings. The molecule has 0 saturated heterocycles. The maximum Gasteiger partial charge on any atom is 0.257 e. The summed E-state index contributed by atoms with van der Waals surface area (Å²) in [6.07, 6.45) is 1.40. The van der Waals surface area contributed by atoms with Crippen molar-refractivity contribution in [3.05, 3.63) is 47.2 Å². The fraction of sp³-hybridized carbons (Fsp3) is 0.0769. The van der Waals surface area contributed by atoms with E-state index in [1.165, 1.54) is 6.20 Å². The van der Waals surface area contributed by atoms with Gasteiger partial charge >= 0.3 is 0 Å². The van der Waals surface area contributed by atoms with Crippen LogP contribution in [0.3, 0.4) is 0 Å². The van der Waals surface area contributed by atoms with E-state index in [1.54, 1.807) is 37.4 Å². The molecule has 19 heavy (non-hydrogen) atoms. The lowest BCUT2D eigenvalue weighted by molar-refractivity contribution is 0.102. The number of benzene rings is 1. The largest absolute Gasteiger partial charge is 0.497 e. The van der Waals surface area contributed by atoms with Crippen molar-refractivity contribution in [1.82, 2.24) is 4.98 Å². The van der Waals surface area contributed by atoms with Gasteiger partial charge in [-0.1, -0.05) is 11.6 Å². The van der Waals surface area contributed by atoms with E-state index in [1.807, 2.05) is 0 Å². The lowest BCUT2D eigenvalue weighted by Crippen LogP contribution is -2.13. The maximum absolute atomic E-state index is 12.0. The number of nitrogens with two attached hydrogens (primary N) is 1. The number of pyridine rings is 1. The van der Waals surface area contributed by atoms with Gasteiger partial charge in [0.1, 0.15) is 10.9 Å². The van der Waals surface area contributed by atoms with E-state index in [0.29, 0.717) is 27.8 Å². The Kier molecular flexibility index (Phi) is 3.87. The van der Waals surface area contributed by atoms with Crippen LogP contribution in [0.15, 0.2) is 36.5 Å². The van der Waals surface area contributed by atoms with Crippen molar-refractivity contribution in [2.24, 2.45) is 0 Å². The molecule has 0 radical (unpaired) electrons. The Hall–Kier alpha value is -2.27. The van der Waals surface area contributed by atoms with Crippen LogP contribution in [0.4, 0.5) is 11.4 Å². The Morgan fingerprint density at radius 2 is 2.16 bits per heavy atom. The summed E-state index contributed by atoms with van der Waals surface area (Å²) in [6.45, 7) is 0. The third-order valence-corrected chi connectivity index (χ3v) is 2.72. The van der Waals surface area contributed by atoms with Crippen molar-refractivity contribution < 1.29 is 9.53 Å². The summed E-state index contributed by atoms with van der Waals surface area (Å²) in [7, 11) is 1.55. The van der Waals surface area contributed by atoms with Gasteiger partial charge in [-0.05, 0) is 24.3 Å². The number of amides is 1. The second-order valence-electron chi connectivity index (χ2n) is 3.78. The van der Waals surface area contributed by atoms with Crippen LogP contribution in [-0.4, -0.2) is 18.0 Å². The minimum atomic E-state index is -0.305. The number of methoxy groups -OCH3 is 1. The molecule has 0 aliphatic carbocycles. The van der Waals surface area contributed by atoms with Gasteiger partial charge in [-0.3, -0.25) is 4.79 Å². The number of halogens is 1. The number of anilines is 2. The molecule has 3 N–H and O–H groups in total. The molecule has 0 fully saturated rings. The predicted octanol–water partition coefficient (Wildman–Crippen LogP) is 2.58. The molecular formula is C13H12ClN3O2. The second-order valence-corrected chi connectivity index (χ2v) is 4.16. The van der Waals surface area contributed by atoms with Crippen molar-refractivity contribution in [1.29, 1.82) is 0 Å². The smallest absolute Gasteiger partial charge is 0.257 e. The first kappa shape index (κ1) is 13.2. The van der Waals surface area contributed by atoms with E-state index >= 15 is 0 Å². The number of rotatable bonds is 3. The highest BCUT2D eigenvalue weighted by molar-refractivity contribution is 6.29. The molecule has 0 unspecified atom stereocenters. The zero-order valence-corrected chi connectivity index (χ0v) is 10.9. The standard InChI is InChI=1S/C13H12ClN3O2/c1-19-9-3-4-11(10(15)6-9)17-13(18)8-2-5-12(14)16-7-8/h2-7H,15H2,1H3,(H,17,18). The molecule has 0 aliphatic heterocycles. The first-order chi connectivity index (χ1) is 9.10. The number of hydrogen-bond acceptors (Lipinski definition) is 4. The van der Waals surface area contributed by atoms with Gasteiger partial charge in [0.2, 0.25) is 0 Å². The van der Waals surface area contributed by atoms with Crippen LogP contribution in [0.1, 0.15) is 10.4 Å². The minimum Gasteiger partial charge on any atom is -0.497 e. The average Bonchev–Trinajstić information content (AvgIpc) is 2.41.